The summed E-state index contributed by atoms with van der Waals surface area (Å²) in [6.45, 7) is 4.78. The summed E-state index contributed by atoms with van der Waals surface area (Å²) in [5.41, 5.74) is 0.264. The molecule has 250 valence electrons. The van der Waals surface area contributed by atoms with Crippen LogP contribution in [0.4, 0.5) is 22.0 Å². The van der Waals surface area contributed by atoms with Gasteiger partial charge in [0.15, 0.2) is 0 Å². The average molecular weight is 641 g/mol. The number of ketones is 1. The highest BCUT2D eigenvalue weighted by Gasteiger charge is 2.62. The molecule has 0 radical (unpaired) electrons. The van der Waals surface area contributed by atoms with E-state index in [1.807, 2.05) is 0 Å². The summed E-state index contributed by atoms with van der Waals surface area (Å²) in [4.78, 5) is 12.4. The number of hydrogen-bond acceptors (Lipinski definition) is 4. The number of unbranched alkanes of at least 4 members (excludes halogenated alkanes) is 6. The van der Waals surface area contributed by atoms with Crippen molar-refractivity contribution >= 4 is 15.6 Å². The van der Waals surface area contributed by atoms with E-state index in [9.17, 15) is 40.3 Å². The molecule has 0 aromatic heterocycles. The third kappa shape index (κ3) is 7.79. The molecule has 0 amide bonds. The first-order valence-corrected chi connectivity index (χ1v) is 18.7. The summed E-state index contributed by atoms with van der Waals surface area (Å²) in [5, 5.41) is 10.9. The van der Waals surface area contributed by atoms with Crippen molar-refractivity contribution in [3.8, 4) is 0 Å². The molecule has 10 heteroatoms. The third-order valence-electron chi connectivity index (χ3n) is 12.5. The molecule has 43 heavy (non-hydrogen) atoms. The summed E-state index contributed by atoms with van der Waals surface area (Å²) in [6.07, 6.45) is 7.24. The van der Waals surface area contributed by atoms with Gasteiger partial charge in [0.2, 0.25) is 0 Å². The molecule has 4 rings (SSSR count). The van der Waals surface area contributed by atoms with E-state index < -0.39 is 40.5 Å². The number of carbonyl (C=O) groups is 1. The van der Waals surface area contributed by atoms with E-state index in [4.69, 9.17) is 0 Å². The fraction of sp³-hybridized carbons (Fsp3) is 0.970. The summed E-state index contributed by atoms with van der Waals surface area (Å²) >= 11 is 0. The van der Waals surface area contributed by atoms with Gasteiger partial charge in [-0.15, -0.1) is 0 Å². The van der Waals surface area contributed by atoms with E-state index in [-0.39, 0.29) is 22.7 Å². The van der Waals surface area contributed by atoms with Crippen LogP contribution >= 0.6 is 0 Å². The Balaban J connectivity index is 1.18. The van der Waals surface area contributed by atoms with Gasteiger partial charge in [0, 0.05) is 19.3 Å². The molecule has 1 N–H and O–H groups in total. The minimum atomic E-state index is -5.65. The van der Waals surface area contributed by atoms with Gasteiger partial charge in [-0.05, 0) is 91.8 Å². The van der Waals surface area contributed by atoms with Crippen molar-refractivity contribution in [2.24, 2.45) is 40.4 Å². The molecular weight excluding hydrogens is 587 g/mol. The van der Waals surface area contributed by atoms with Gasteiger partial charge in [0.25, 0.3) is 0 Å². The predicted molar refractivity (Wildman–Crippen MR) is 157 cm³/mol. The van der Waals surface area contributed by atoms with Crippen LogP contribution in [-0.4, -0.2) is 49.0 Å². The molecule has 0 bridgehead atoms. The molecule has 4 saturated carbocycles. The Kier molecular flexibility index (Phi) is 11.0. The monoisotopic (exact) mass is 640 g/mol. The van der Waals surface area contributed by atoms with Crippen molar-refractivity contribution < 1.29 is 40.3 Å². The zero-order chi connectivity index (χ0) is 31.7. The van der Waals surface area contributed by atoms with Crippen molar-refractivity contribution in [1.82, 2.24) is 0 Å². The highest BCUT2D eigenvalue weighted by Crippen LogP contribution is 2.67. The lowest BCUT2D eigenvalue weighted by atomic mass is 9.42. The fourth-order valence-corrected chi connectivity index (χ4v) is 11.3. The van der Waals surface area contributed by atoms with Gasteiger partial charge in [-0.2, -0.15) is 22.0 Å². The Bertz CT molecular complexity index is 1060. The van der Waals surface area contributed by atoms with Crippen LogP contribution in [0.5, 0.6) is 0 Å². The number of Topliss-reactive ketones (excluding diaryl/α,β-unsaturated/α-hetero) is 1. The number of rotatable bonds is 14. The number of aliphatic hydroxyl groups is 1. The quantitative estimate of drug-likeness (QED) is 0.152. The van der Waals surface area contributed by atoms with Crippen LogP contribution in [0.1, 0.15) is 129 Å². The first-order chi connectivity index (χ1) is 20.0. The maximum atomic E-state index is 13.0. The largest absolute Gasteiger partial charge is 0.453 e. The number of alkyl halides is 5. The van der Waals surface area contributed by atoms with Crippen LogP contribution in [0.25, 0.3) is 0 Å². The molecule has 0 aromatic rings. The summed E-state index contributed by atoms with van der Waals surface area (Å²) in [5.74, 6) is -2.32. The zero-order valence-electron chi connectivity index (χ0n) is 26.1. The average Bonchev–Trinajstić information content (AvgIpc) is 3.21. The molecular formula is C33H53F5O4S. The highest BCUT2D eigenvalue weighted by molar-refractivity contribution is 7.91. The van der Waals surface area contributed by atoms with E-state index in [2.05, 4.69) is 13.8 Å². The normalized spacial score (nSPS) is 36.7. The van der Waals surface area contributed by atoms with E-state index in [1.54, 1.807) is 0 Å². The summed E-state index contributed by atoms with van der Waals surface area (Å²) in [6, 6.07) is 0. The van der Waals surface area contributed by atoms with Crippen molar-refractivity contribution in [2.75, 3.05) is 11.5 Å². The molecule has 4 aliphatic carbocycles. The number of halogens is 5. The van der Waals surface area contributed by atoms with Crippen LogP contribution in [0.15, 0.2) is 0 Å². The molecule has 0 heterocycles. The van der Waals surface area contributed by atoms with Crippen LogP contribution < -0.4 is 0 Å². The Labute approximate surface area is 255 Å². The Morgan fingerprint density at radius 1 is 0.814 bits per heavy atom. The third-order valence-corrected chi connectivity index (χ3v) is 14.3. The maximum absolute atomic E-state index is 13.0. The molecule has 4 nitrogen and oxygen atoms in total. The second-order valence-corrected chi connectivity index (χ2v) is 17.4. The van der Waals surface area contributed by atoms with Crippen molar-refractivity contribution in [1.29, 1.82) is 0 Å². The van der Waals surface area contributed by atoms with Crippen molar-refractivity contribution in [3.63, 3.8) is 0 Å². The first kappa shape index (κ1) is 35.1. The first-order valence-electron chi connectivity index (χ1n) is 16.8. The minimum Gasteiger partial charge on any atom is -0.393 e. The molecule has 0 spiro atoms. The second kappa shape index (κ2) is 13.5. The van der Waals surface area contributed by atoms with Gasteiger partial charge in [-0.1, -0.05) is 58.8 Å². The highest BCUT2D eigenvalue weighted by atomic mass is 32.2. The van der Waals surface area contributed by atoms with Gasteiger partial charge < -0.3 is 5.11 Å². The summed E-state index contributed by atoms with van der Waals surface area (Å²) < 4.78 is 86.9. The SMILES string of the molecule is C[C@]12CCC(=O)C[C@@H]1C[C@@H](CCCCCCCCCS(=O)(=O)CCCC(F)(F)C(F)(F)F)[C@@H]1[C@@H]2CC[C@]2(C)[C@@H](O)CC[C@@H]12. The van der Waals surface area contributed by atoms with Crippen molar-refractivity contribution in [2.45, 2.75) is 148 Å². The number of aliphatic hydroxyl groups excluding tert-OH is 1. The molecule has 4 fully saturated rings. The number of sulfone groups is 1. The Morgan fingerprint density at radius 3 is 2.09 bits per heavy atom. The molecule has 0 aliphatic heterocycles. The van der Waals surface area contributed by atoms with Gasteiger partial charge in [-0.3, -0.25) is 4.79 Å². The van der Waals surface area contributed by atoms with Crippen LogP contribution in [0, 0.1) is 40.4 Å². The lowest BCUT2D eigenvalue weighted by Gasteiger charge is -2.62. The van der Waals surface area contributed by atoms with Gasteiger partial charge in [0.1, 0.15) is 15.6 Å². The topological polar surface area (TPSA) is 71.4 Å². The Hall–Kier alpha value is -0.770. The van der Waals surface area contributed by atoms with Crippen LogP contribution in [0.3, 0.4) is 0 Å². The van der Waals surface area contributed by atoms with E-state index in [0.29, 0.717) is 48.2 Å². The van der Waals surface area contributed by atoms with Gasteiger partial charge >= 0.3 is 12.1 Å². The second-order valence-electron chi connectivity index (χ2n) is 15.1. The predicted octanol–water partition coefficient (Wildman–Crippen LogP) is 8.70. The van der Waals surface area contributed by atoms with Crippen molar-refractivity contribution in [3.05, 3.63) is 0 Å². The standard InChI is InChI=1S/C33H53F5O4S/c1-30-17-14-25(39)22-24(30)21-23(29-26-12-13-28(40)31(26,2)18-15-27(29)30)11-8-6-4-3-5-7-9-19-43(41,42)20-10-16-32(34,35)33(36,37)38/h23-24,26-29,40H,3-22H2,1-2H3/t23-,24+,26+,27+,28+,29+,30+,31+/m1/s1. The number of fused-ring (bicyclic) bond motifs is 5. The minimum absolute atomic E-state index is 0.0225. The van der Waals surface area contributed by atoms with Gasteiger partial charge in [0.05, 0.1) is 17.6 Å². The fourth-order valence-electron chi connectivity index (χ4n) is 9.86. The number of carbonyl (C=O) groups excluding carboxylic acids is 1. The Morgan fingerprint density at radius 2 is 1.42 bits per heavy atom. The smallest absolute Gasteiger partial charge is 0.393 e. The molecule has 4 aliphatic rings. The van der Waals surface area contributed by atoms with Crippen LogP contribution in [-0.2, 0) is 14.6 Å². The van der Waals surface area contributed by atoms with E-state index in [1.165, 1.54) is 6.42 Å². The van der Waals surface area contributed by atoms with Gasteiger partial charge in [-0.25, -0.2) is 8.42 Å². The summed E-state index contributed by atoms with van der Waals surface area (Å²) in [7, 11) is -3.64. The lowest BCUT2D eigenvalue weighted by Crippen LogP contribution is -2.57. The van der Waals surface area contributed by atoms with E-state index in [0.717, 1.165) is 83.5 Å². The molecule has 0 saturated heterocycles. The lowest BCUT2D eigenvalue weighted by molar-refractivity contribution is -0.284. The molecule has 0 aromatic carbocycles. The maximum Gasteiger partial charge on any atom is 0.453 e. The van der Waals surface area contributed by atoms with Crippen LogP contribution in [0.2, 0.25) is 0 Å². The molecule has 0 unspecified atom stereocenters. The molecule has 8 atom stereocenters. The number of hydrogen-bond donors (Lipinski definition) is 1. The zero-order valence-corrected chi connectivity index (χ0v) is 26.9. The van der Waals surface area contributed by atoms with E-state index >= 15 is 0 Å².